The summed E-state index contributed by atoms with van der Waals surface area (Å²) in [7, 11) is 0. The van der Waals surface area contributed by atoms with Crippen LogP contribution in [-0.4, -0.2) is 27.7 Å². The molecular weight excluding hydrogens is 348 g/mol. The van der Waals surface area contributed by atoms with E-state index in [4.69, 9.17) is 0 Å². The minimum Gasteiger partial charge on any atom is -0.326 e. The zero-order valence-corrected chi connectivity index (χ0v) is 15.3. The van der Waals surface area contributed by atoms with Gasteiger partial charge >= 0.3 is 0 Å². The molecular formula is C20H20N2O3S. The molecule has 134 valence electrons. The lowest BCUT2D eigenvalue weighted by atomic mass is 9.95. The Labute approximate surface area is 156 Å². The van der Waals surface area contributed by atoms with Crippen LogP contribution in [0.5, 0.6) is 0 Å². The Morgan fingerprint density at radius 2 is 1.81 bits per heavy atom. The van der Waals surface area contributed by atoms with Crippen LogP contribution in [0, 0.1) is 0 Å². The van der Waals surface area contributed by atoms with Gasteiger partial charge in [-0.1, -0.05) is 61.2 Å². The summed E-state index contributed by atoms with van der Waals surface area (Å²) in [5.74, 6) is -0.197. The number of nitrogens with one attached hydrogen (secondary N) is 1. The second-order valence-electron chi connectivity index (χ2n) is 6.09. The standard InChI is InChI=1S/C20H20N2O3S/c1-2-17(15-6-4-3-5-7-15)19(24)21-16-10-8-14(9-11-16)12-22-18(23)13-26-20(22)25/h3-11,17H,2,12-13H2,1H3,(H,21,24). The van der Waals surface area contributed by atoms with Crippen molar-refractivity contribution < 1.29 is 14.4 Å². The molecule has 1 N–H and O–H groups in total. The van der Waals surface area contributed by atoms with Crippen molar-refractivity contribution in [1.82, 2.24) is 4.90 Å². The fraction of sp³-hybridized carbons (Fsp3) is 0.250. The summed E-state index contributed by atoms with van der Waals surface area (Å²) in [6.07, 6.45) is 0.713. The SMILES string of the molecule is CCC(C(=O)Nc1ccc(CN2C(=O)CSC2=O)cc1)c1ccccc1. The summed E-state index contributed by atoms with van der Waals surface area (Å²) >= 11 is 1.03. The molecule has 1 aliphatic rings. The van der Waals surface area contributed by atoms with Gasteiger partial charge in [0.25, 0.3) is 5.24 Å². The molecule has 1 fully saturated rings. The molecule has 1 saturated heterocycles. The third-order valence-electron chi connectivity index (χ3n) is 4.33. The lowest BCUT2D eigenvalue weighted by molar-refractivity contribution is -0.125. The lowest BCUT2D eigenvalue weighted by Gasteiger charge is -2.16. The van der Waals surface area contributed by atoms with E-state index >= 15 is 0 Å². The van der Waals surface area contributed by atoms with Gasteiger partial charge in [0.05, 0.1) is 18.2 Å². The molecule has 1 aliphatic heterocycles. The number of hydrogen-bond acceptors (Lipinski definition) is 4. The lowest BCUT2D eigenvalue weighted by Crippen LogP contribution is -2.27. The van der Waals surface area contributed by atoms with E-state index in [1.807, 2.05) is 49.4 Å². The minimum atomic E-state index is -0.207. The molecule has 3 amide bonds. The molecule has 5 nitrogen and oxygen atoms in total. The smallest absolute Gasteiger partial charge is 0.289 e. The van der Waals surface area contributed by atoms with Gasteiger partial charge in [0, 0.05) is 5.69 Å². The first-order chi connectivity index (χ1) is 12.6. The summed E-state index contributed by atoms with van der Waals surface area (Å²) in [5.41, 5.74) is 2.54. The largest absolute Gasteiger partial charge is 0.326 e. The van der Waals surface area contributed by atoms with Gasteiger partial charge in [-0.3, -0.25) is 19.3 Å². The van der Waals surface area contributed by atoms with Crippen LogP contribution in [0.25, 0.3) is 0 Å². The average Bonchev–Trinajstić information content (AvgIpc) is 2.97. The Bertz CT molecular complexity index is 790. The Hall–Kier alpha value is -2.60. The maximum atomic E-state index is 12.6. The molecule has 0 spiro atoms. The second kappa shape index (κ2) is 8.19. The summed E-state index contributed by atoms with van der Waals surface area (Å²) in [6.45, 7) is 2.25. The molecule has 1 heterocycles. The summed E-state index contributed by atoms with van der Waals surface area (Å²) in [5, 5.41) is 2.73. The highest BCUT2D eigenvalue weighted by Crippen LogP contribution is 2.23. The van der Waals surface area contributed by atoms with Crippen LogP contribution >= 0.6 is 11.8 Å². The van der Waals surface area contributed by atoms with Gasteiger partial charge in [0.15, 0.2) is 0 Å². The summed E-state index contributed by atoms with van der Waals surface area (Å²) < 4.78 is 0. The summed E-state index contributed by atoms with van der Waals surface area (Å²) in [6, 6.07) is 16.9. The van der Waals surface area contributed by atoms with Crippen LogP contribution < -0.4 is 5.32 Å². The number of imide groups is 1. The number of nitrogens with zero attached hydrogens (tertiary/aromatic N) is 1. The number of thioether (sulfide) groups is 1. The van der Waals surface area contributed by atoms with Crippen molar-refractivity contribution in [2.45, 2.75) is 25.8 Å². The van der Waals surface area contributed by atoms with Gasteiger partial charge in [0.2, 0.25) is 11.8 Å². The number of carbonyl (C=O) groups is 3. The highest BCUT2D eigenvalue weighted by Gasteiger charge is 2.29. The van der Waals surface area contributed by atoms with E-state index in [9.17, 15) is 14.4 Å². The molecule has 1 unspecified atom stereocenters. The van der Waals surface area contributed by atoms with E-state index in [1.165, 1.54) is 4.90 Å². The molecule has 26 heavy (non-hydrogen) atoms. The van der Waals surface area contributed by atoms with Crippen LogP contribution in [0.3, 0.4) is 0 Å². The number of amides is 3. The fourth-order valence-corrected chi connectivity index (χ4v) is 3.62. The topological polar surface area (TPSA) is 66.5 Å². The highest BCUT2D eigenvalue weighted by atomic mass is 32.2. The predicted octanol–water partition coefficient (Wildman–Crippen LogP) is 4.01. The number of rotatable bonds is 6. The van der Waals surface area contributed by atoms with Gasteiger partial charge in [0.1, 0.15) is 0 Å². The Morgan fingerprint density at radius 1 is 1.12 bits per heavy atom. The Balaban J connectivity index is 1.64. The maximum absolute atomic E-state index is 12.6. The first-order valence-corrected chi connectivity index (χ1v) is 9.49. The van der Waals surface area contributed by atoms with E-state index in [0.717, 1.165) is 22.9 Å². The number of benzene rings is 2. The first-order valence-electron chi connectivity index (χ1n) is 8.50. The van der Waals surface area contributed by atoms with Gasteiger partial charge in [-0.15, -0.1) is 0 Å². The van der Waals surface area contributed by atoms with Crippen molar-refractivity contribution in [3.63, 3.8) is 0 Å². The normalized spacial score (nSPS) is 15.2. The predicted molar refractivity (Wildman–Crippen MR) is 103 cm³/mol. The van der Waals surface area contributed by atoms with E-state index in [2.05, 4.69) is 5.32 Å². The first kappa shape index (κ1) is 18.2. The van der Waals surface area contributed by atoms with Gasteiger partial charge < -0.3 is 5.32 Å². The van der Waals surface area contributed by atoms with Gasteiger partial charge in [-0.2, -0.15) is 0 Å². The van der Waals surface area contributed by atoms with Crippen LogP contribution in [0.15, 0.2) is 54.6 Å². The molecule has 0 radical (unpaired) electrons. The number of carbonyl (C=O) groups excluding carboxylic acids is 3. The van der Waals surface area contributed by atoms with Crippen LogP contribution in [-0.2, 0) is 16.1 Å². The van der Waals surface area contributed by atoms with E-state index in [-0.39, 0.29) is 35.3 Å². The quantitative estimate of drug-likeness (QED) is 0.836. The molecule has 2 aromatic carbocycles. The van der Waals surface area contributed by atoms with Crippen molar-refractivity contribution >= 4 is 34.5 Å². The second-order valence-corrected chi connectivity index (χ2v) is 7.02. The van der Waals surface area contributed by atoms with Gasteiger partial charge in [-0.05, 0) is 29.7 Å². The highest BCUT2D eigenvalue weighted by molar-refractivity contribution is 8.14. The third kappa shape index (κ3) is 4.14. The maximum Gasteiger partial charge on any atom is 0.289 e. The number of hydrogen-bond donors (Lipinski definition) is 1. The van der Waals surface area contributed by atoms with Crippen molar-refractivity contribution in [3.05, 3.63) is 65.7 Å². The number of anilines is 1. The molecule has 2 aromatic rings. The molecule has 1 atom stereocenters. The van der Waals surface area contributed by atoms with Crippen LogP contribution in [0.1, 0.15) is 30.4 Å². The van der Waals surface area contributed by atoms with E-state index < -0.39 is 0 Å². The molecule has 0 aliphatic carbocycles. The zero-order chi connectivity index (χ0) is 18.5. The van der Waals surface area contributed by atoms with E-state index in [0.29, 0.717) is 12.1 Å². The Morgan fingerprint density at radius 3 is 2.38 bits per heavy atom. The molecule has 0 saturated carbocycles. The van der Waals surface area contributed by atoms with Crippen molar-refractivity contribution in [1.29, 1.82) is 0 Å². The average molecular weight is 368 g/mol. The van der Waals surface area contributed by atoms with Crippen LogP contribution in [0.2, 0.25) is 0 Å². The zero-order valence-electron chi connectivity index (χ0n) is 14.5. The summed E-state index contributed by atoms with van der Waals surface area (Å²) in [4.78, 5) is 37.2. The van der Waals surface area contributed by atoms with Crippen LogP contribution in [0.4, 0.5) is 10.5 Å². The van der Waals surface area contributed by atoms with E-state index in [1.54, 1.807) is 12.1 Å². The Kier molecular flexibility index (Phi) is 5.73. The van der Waals surface area contributed by atoms with Crippen molar-refractivity contribution in [2.75, 3.05) is 11.1 Å². The minimum absolute atomic E-state index is 0.0484. The van der Waals surface area contributed by atoms with Crippen molar-refractivity contribution in [3.8, 4) is 0 Å². The molecule has 0 bridgehead atoms. The van der Waals surface area contributed by atoms with Crippen molar-refractivity contribution in [2.24, 2.45) is 0 Å². The van der Waals surface area contributed by atoms with Gasteiger partial charge in [-0.25, -0.2) is 0 Å². The molecule has 6 heteroatoms. The molecule has 0 aromatic heterocycles. The third-order valence-corrected chi connectivity index (χ3v) is 5.19. The fourth-order valence-electron chi connectivity index (χ4n) is 2.90. The monoisotopic (exact) mass is 368 g/mol. The molecule has 3 rings (SSSR count).